The molecule has 0 aliphatic heterocycles. The van der Waals surface area contributed by atoms with Crippen LogP contribution in [0.25, 0.3) is 0 Å². The van der Waals surface area contributed by atoms with E-state index in [9.17, 15) is 0 Å². The molecule has 2 bridgehead atoms. The lowest BCUT2D eigenvalue weighted by Gasteiger charge is -2.16. The second-order valence-corrected chi connectivity index (χ2v) is 4.83. The van der Waals surface area contributed by atoms with Crippen LogP contribution in [0.3, 0.4) is 0 Å². The minimum absolute atomic E-state index is 0.944. The minimum atomic E-state index is 0.944. The smallest absolute Gasteiger partial charge is 0.0238 e. The van der Waals surface area contributed by atoms with E-state index in [0.29, 0.717) is 0 Å². The molecule has 3 fully saturated rings. The average Bonchev–Trinajstić information content (AvgIpc) is 2.55. The Labute approximate surface area is 63.0 Å². The molecule has 10 heavy (non-hydrogen) atoms. The molecule has 56 valence electrons. The van der Waals surface area contributed by atoms with Gasteiger partial charge in [0, 0.05) is 0 Å². The van der Waals surface area contributed by atoms with E-state index in [-0.39, 0.29) is 0 Å². The normalized spacial score (nSPS) is 54.3. The van der Waals surface area contributed by atoms with Crippen molar-refractivity contribution in [2.45, 2.75) is 39.0 Å². The summed E-state index contributed by atoms with van der Waals surface area (Å²) < 4.78 is 0. The van der Waals surface area contributed by atoms with Gasteiger partial charge in [-0.15, -0.1) is 0 Å². The third-order valence-electron chi connectivity index (χ3n) is 4.55. The van der Waals surface area contributed by atoms with Crippen molar-refractivity contribution in [1.29, 1.82) is 0 Å². The molecule has 0 aromatic carbocycles. The first-order valence-corrected chi connectivity index (χ1v) is 4.83. The monoisotopic (exact) mass is 136 g/mol. The van der Waals surface area contributed by atoms with Crippen LogP contribution in [0.2, 0.25) is 0 Å². The van der Waals surface area contributed by atoms with Crippen LogP contribution in [0.15, 0.2) is 0 Å². The second kappa shape index (κ2) is 1.44. The zero-order valence-corrected chi connectivity index (χ0v) is 6.77. The molecule has 0 radical (unpaired) electrons. The lowest BCUT2D eigenvalue weighted by Crippen LogP contribution is -2.09. The Balaban J connectivity index is 2.00. The number of hydrogen-bond donors (Lipinski definition) is 0. The van der Waals surface area contributed by atoms with E-state index in [2.05, 4.69) is 6.92 Å². The van der Waals surface area contributed by atoms with E-state index < -0.39 is 0 Å². The summed E-state index contributed by atoms with van der Waals surface area (Å²) in [6.07, 6.45) is 7.91. The van der Waals surface area contributed by atoms with E-state index in [0.717, 1.165) is 17.3 Å². The maximum Gasteiger partial charge on any atom is -0.0238 e. The molecule has 0 unspecified atom stereocenters. The Morgan fingerprint density at radius 1 is 1.20 bits per heavy atom. The summed E-state index contributed by atoms with van der Waals surface area (Å²) in [5, 5.41) is 0. The highest BCUT2D eigenvalue weighted by Crippen LogP contribution is 2.72. The molecule has 0 aromatic rings. The Hall–Kier alpha value is 0. The van der Waals surface area contributed by atoms with E-state index >= 15 is 0 Å². The summed E-state index contributed by atoms with van der Waals surface area (Å²) in [5.41, 5.74) is 0.944. The van der Waals surface area contributed by atoms with Crippen LogP contribution in [0, 0.1) is 23.2 Å². The first kappa shape index (κ1) is 5.62. The fraction of sp³-hybridized carbons (Fsp3) is 1.00. The molecule has 0 aromatic heterocycles. The molecule has 0 amide bonds. The van der Waals surface area contributed by atoms with Crippen molar-refractivity contribution in [3.63, 3.8) is 0 Å². The van der Waals surface area contributed by atoms with Crippen LogP contribution < -0.4 is 0 Å². The molecule has 3 rings (SSSR count). The van der Waals surface area contributed by atoms with Gasteiger partial charge in [0.1, 0.15) is 0 Å². The predicted octanol–water partition coefficient (Wildman–Crippen LogP) is 2.83. The third-order valence-corrected chi connectivity index (χ3v) is 4.55. The van der Waals surface area contributed by atoms with Crippen molar-refractivity contribution in [1.82, 2.24) is 0 Å². The Morgan fingerprint density at radius 3 is 2.30 bits per heavy atom. The van der Waals surface area contributed by atoms with Gasteiger partial charge in [-0.25, -0.2) is 0 Å². The van der Waals surface area contributed by atoms with Crippen LogP contribution in [-0.2, 0) is 0 Å². The summed E-state index contributed by atoms with van der Waals surface area (Å²) in [4.78, 5) is 0. The lowest BCUT2D eigenvalue weighted by molar-refractivity contribution is 0.329. The minimum Gasteiger partial charge on any atom is -0.0622 e. The molecule has 3 aliphatic carbocycles. The van der Waals surface area contributed by atoms with Gasteiger partial charge in [-0.1, -0.05) is 6.92 Å². The van der Waals surface area contributed by atoms with E-state index in [1.165, 1.54) is 5.92 Å². The lowest BCUT2D eigenvalue weighted by atomic mass is 9.89. The zero-order chi connectivity index (χ0) is 6.77. The van der Waals surface area contributed by atoms with Gasteiger partial charge in [0.05, 0.1) is 0 Å². The van der Waals surface area contributed by atoms with Gasteiger partial charge < -0.3 is 0 Å². The van der Waals surface area contributed by atoms with Crippen molar-refractivity contribution < 1.29 is 0 Å². The summed E-state index contributed by atoms with van der Waals surface area (Å²) in [5.74, 6) is 3.42. The van der Waals surface area contributed by atoms with Gasteiger partial charge in [-0.3, -0.25) is 0 Å². The van der Waals surface area contributed by atoms with Gasteiger partial charge >= 0.3 is 0 Å². The van der Waals surface area contributed by atoms with Crippen molar-refractivity contribution >= 4 is 0 Å². The molecule has 0 heteroatoms. The maximum absolute atomic E-state index is 2.48. The van der Waals surface area contributed by atoms with E-state index in [1.807, 2.05) is 0 Å². The standard InChI is InChI=1S/C10H16/c1-7-6-8-2-3-9(7)10(8)4-5-10/h7-9H,2-6H2,1H3/t7-,8+,9-/m0/s1. The van der Waals surface area contributed by atoms with Crippen molar-refractivity contribution in [3.05, 3.63) is 0 Å². The Bertz CT molecular complexity index is 167. The highest BCUT2D eigenvalue weighted by atomic mass is 14.7. The SMILES string of the molecule is C[C@H]1C[C@H]2CC[C@@H]1C21CC1. The maximum atomic E-state index is 2.48. The number of rotatable bonds is 0. The Kier molecular flexibility index (Phi) is 0.810. The van der Waals surface area contributed by atoms with Gasteiger partial charge in [0.15, 0.2) is 0 Å². The summed E-state index contributed by atoms with van der Waals surface area (Å²) in [6, 6.07) is 0. The Morgan fingerprint density at radius 2 is 2.00 bits per heavy atom. The highest BCUT2D eigenvalue weighted by Gasteiger charge is 2.63. The molecule has 0 heterocycles. The molecule has 0 N–H and O–H groups in total. The van der Waals surface area contributed by atoms with Crippen molar-refractivity contribution in [2.75, 3.05) is 0 Å². The first-order chi connectivity index (χ1) is 4.83. The molecule has 3 saturated carbocycles. The second-order valence-electron chi connectivity index (χ2n) is 4.83. The first-order valence-electron chi connectivity index (χ1n) is 4.83. The molecule has 0 saturated heterocycles. The van der Waals surface area contributed by atoms with Gasteiger partial charge in [0.25, 0.3) is 0 Å². The van der Waals surface area contributed by atoms with E-state index in [1.54, 1.807) is 32.1 Å². The number of hydrogen-bond acceptors (Lipinski definition) is 0. The fourth-order valence-electron chi connectivity index (χ4n) is 4.00. The van der Waals surface area contributed by atoms with Crippen LogP contribution >= 0.6 is 0 Å². The topological polar surface area (TPSA) is 0 Å². The molecular formula is C10H16. The van der Waals surface area contributed by atoms with E-state index in [4.69, 9.17) is 0 Å². The van der Waals surface area contributed by atoms with Gasteiger partial charge in [0.2, 0.25) is 0 Å². The highest BCUT2D eigenvalue weighted by molar-refractivity contribution is 5.12. The average molecular weight is 136 g/mol. The molecule has 3 aliphatic rings. The summed E-state index contributed by atoms with van der Waals surface area (Å²) in [6.45, 7) is 2.48. The van der Waals surface area contributed by atoms with Crippen LogP contribution in [0.1, 0.15) is 39.0 Å². The van der Waals surface area contributed by atoms with Crippen LogP contribution in [0.4, 0.5) is 0 Å². The molecule has 3 atom stereocenters. The third kappa shape index (κ3) is 0.436. The van der Waals surface area contributed by atoms with Crippen LogP contribution in [-0.4, -0.2) is 0 Å². The molecular weight excluding hydrogens is 120 g/mol. The molecule has 1 spiro atoms. The molecule has 0 nitrogen and oxygen atoms in total. The van der Waals surface area contributed by atoms with Crippen molar-refractivity contribution in [3.8, 4) is 0 Å². The van der Waals surface area contributed by atoms with Gasteiger partial charge in [-0.2, -0.15) is 0 Å². The summed E-state index contributed by atoms with van der Waals surface area (Å²) in [7, 11) is 0. The summed E-state index contributed by atoms with van der Waals surface area (Å²) >= 11 is 0. The van der Waals surface area contributed by atoms with Crippen molar-refractivity contribution in [2.24, 2.45) is 23.2 Å². The van der Waals surface area contributed by atoms with Crippen LogP contribution in [0.5, 0.6) is 0 Å². The predicted molar refractivity (Wildman–Crippen MR) is 41.7 cm³/mol. The largest absolute Gasteiger partial charge is 0.0622 e. The zero-order valence-electron chi connectivity index (χ0n) is 6.77. The van der Waals surface area contributed by atoms with Gasteiger partial charge in [-0.05, 0) is 55.3 Å². The quantitative estimate of drug-likeness (QED) is 0.480. The fourth-order valence-corrected chi connectivity index (χ4v) is 4.00.